The van der Waals surface area contributed by atoms with Crippen LogP contribution in [0.2, 0.25) is 0 Å². The quantitative estimate of drug-likeness (QED) is 0.889. The van der Waals surface area contributed by atoms with Crippen molar-refractivity contribution in [1.29, 1.82) is 0 Å². The van der Waals surface area contributed by atoms with Gasteiger partial charge in [-0.1, -0.05) is 20.8 Å². The van der Waals surface area contributed by atoms with E-state index in [0.717, 1.165) is 41.1 Å². The summed E-state index contributed by atoms with van der Waals surface area (Å²) in [4.78, 5) is 11.8. The SMILES string of the molecule is CCc1cc2c(NC)nc(CCC(C)C)nc2s1. The number of aromatic nitrogens is 2. The van der Waals surface area contributed by atoms with Crippen LogP contribution in [-0.2, 0) is 12.8 Å². The molecule has 2 aromatic heterocycles. The lowest BCUT2D eigenvalue weighted by Crippen LogP contribution is -2.02. The van der Waals surface area contributed by atoms with Crippen molar-refractivity contribution in [2.24, 2.45) is 5.92 Å². The molecule has 0 spiro atoms. The minimum absolute atomic E-state index is 0.692. The molecule has 0 bridgehead atoms. The maximum absolute atomic E-state index is 4.69. The molecule has 0 saturated carbocycles. The monoisotopic (exact) mass is 263 g/mol. The van der Waals surface area contributed by atoms with Gasteiger partial charge in [0.2, 0.25) is 0 Å². The van der Waals surface area contributed by atoms with Gasteiger partial charge in [0.15, 0.2) is 0 Å². The van der Waals surface area contributed by atoms with Gasteiger partial charge in [0.25, 0.3) is 0 Å². The molecule has 18 heavy (non-hydrogen) atoms. The van der Waals surface area contributed by atoms with Gasteiger partial charge in [0.05, 0.1) is 5.39 Å². The molecule has 0 aliphatic carbocycles. The molecule has 0 atom stereocenters. The molecule has 4 heteroatoms. The predicted octanol–water partition coefficient (Wildman–Crippen LogP) is 3.88. The maximum Gasteiger partial charge on any atom is 0.138 e. The van der Waals surface area contributed by atoms with Crippen molar-refractivity contribution in [3.8, 4) is 0 Å². The lowest BCUT2D eigenvalue weighted by molar-refractivity contribution is 0.576. The Morgan fingerprint density at radius 2 is 2.11 bits per heavy atom. The fourth-order valence-electron chi connectivity index (χ4n) is 1.91. The second-order valence-corrected chi connectivity index (χ2v) is 6.07. The minimum atomic E-state index is 0.692. The fraction of sp³-hybridized carbons (Fsp3) is 0.571. The van der Waals surface area contributed by atoms with Gasteiger partial charge in [-0.25, -0.2) is 9.97 Å². The van der Waals surface area contributed by atoms with Crippen LogP contribution in [0.5, 0.6) is 0 Å². The molecule has 2 aromatic rings. The Labute approximate surface area is 113 Å². The first-order valence-electron chi connectivity index (χ1n) is 6.61. The van der Waals surface area contributed by atoms with Gasteiger partial charge >= 0.3 is 0 Å². The van der Waals surface area contributed by atoms with Gasteiger partial charge in [-0.05, 0) is 24.8 Å². The van der Waals surface area contributed by atoms with Crippen LogP contribution in [0.4, 0.5) is 5.82 Å². The summed E-state index contributed by atoms with van der Waals surface area (Å²) in [5.41, 5.74) is 0. The van der Waals surface area contributed by atoms with E-state index in [1.54, 1.807) is 11.3 Å². The molecule has 0 saturated heterocycles. The third-order valence-corrected chi connectivity index (χ3v) is 4.19. The molecule has 0 amide bonds. The van der Waals surface area contributed by atoms with E-state index in [1.165, 1.54) is 4.88 Å². The van der Waals surface area contributed by atoms with Crippen LogP contribution in [0.15, 0.2) is 6.07 Å². The van der Waals surface area contributed by atoms with E-state index >= 15 is 0 Å². The normalized spacial score (nSPS) is 11.4. The number of aryl methyl sites for hydroxylation is 2. The van der Waals surface area contributed by atoms with Crippen molar-refractivity contribution in [2.75, 3.05) is 12.4 Å². The van der Waals surface area contributed by atoms with Crippen LogP contribution in [0.3, 0.4) is 0 Å². The molecular weight excluding hydrogens is 242 g/mol. The molecule has 2 heterocycles. The summed E-state index contributed by atoms with van der Waals surface area (Å²) in [7, 11) is 1.93. The Kier molecular flexibility index (Phi) is 4.17. The zero-order valence-electron chi connectivity index (χ0n) is 11.6. The van der Waals surface area contributed by atoms with Crippen LogP contribution in [0.1, 0.15) is 37.9 Å². The van der Waals surface area contributed by atoms with Crippen molar-refractivity contribution in [3.05, 3.63) is 16.8 Å². The summed E-state index contributed by atoms with van der Waals surface area (Å²) < 4.78 is 0. The van der Waals surface area contributed by atoms with Crippen molar-refractivity contribution in [1.82, 2.24) is 9.97 Å². The highest BCUT2D eigenvalue weighted by Gasteiger charge is 2.10. The van der Waals surface area contributed by atoms with Crippen LogP contribution in [-0.4, -0.2) is 17.0 Å². The summed E-state index contributed by atoms with van der Waals surface area (Å²) in [6.45, 7) is 6.65. The van der Waals surface area contributed by atoms with E-state index in [-0.39, 0.29) is 0 Å². The Morgan fingerprint density at radius 1 is 1.33 bits per heavy atom. The molecule has 0 aliphatic rings. The van der Waals surface area contributed by atoms with Crippen LogP contribution >= 0.6 is 11.3 Å². The first-order valence-corrected chi connectivity index (χ1v) is 7.42. The molecule has 2 rings (SSSR count). The first-order chi connectivity index (χ1) is 8.63. The summed E-state index contributed by atoms with van der Waals surface area (Å²) >= 11 is 1.78. The fourth-order valence-corrected chi connectivity index (χ4v) is 2.90. The van der Waals surface area contributed by atoms with Gasteiger partial charge in [0.1, 0.15) is 16.5 Å². The van der Waals surface area contributed by atoms with Crippen LogP contribution in [0.25, 0.3) is 10.2 Å². The smallest absolute Gasteiger partial charge is 0.138 e. The second kappa shape index (κ2) is 5.65. The highest BCUT2D eigenvalue weighted by atomic mass is 32.1. The number of fused-ring (bicyclic) bond motifs is 1. The van der Waals surface area contributed by atoms with Crippen molar-refractivity contribution < 1.29 is 0 Å². The molecule has 0 unspecified atom stereocenters. The van der Waals surface area contributed by atoms with Gasteiger partial charge < -0.3 is 5.32 Å². The van der Waals surface area contributed by atoms with E-state index in [1.807, 2.05) is 7.05 Å². The Bertz CT molecular complexity index is 531. The molecule has 98 valence electrons. The number of hydrogen-bond donors (Lipinski definition) is 1. The zero-order valence-corrected chi connectivity index (χ0v) is 12.4. The Balaban J connectivity index is 2.38. The summed E-state index contributed by atoms with van der Waals surface area (Å²) in [6.07, 6.45) is 3.16. The molecule has 3 nitrogen and oxygen atoms in total. The van der Waals surface area contributed by atoms with Gasteiger partial charge in [-0.3, -0.25) is 0 Å². The van der Waals surface area contributed by atoms with Crippen LogP contribution in [0, 0.1) is 5.92 Å². The van der Waals surface area contributed by atoms with E-state index < -0.39 is 0 Å². The predicted molar refractivity (Wildman–Crippen MR) is 79.5 cm³/mol. The van der Waals surface area contributed by atoms with Gasteiger partial charge in [-0.15, -0.1) is 11.3 Å². The molecule has 0 fully saturated rings. The number of nitrogens with zero attached hydrogens (tertiary/aromatic N) is 2. The highest BCUT2D eigenvalue weighted by Crippen LogP contribution is 2.29. The minimum Gasteiger partial charge on any atom is -0.372 e. The van der Waals surface area contributed by atoms with Crippen molar-refractivity contribution in [2.45, 2.75) is 40.0 Å². The number of hydrogen-bond acceptors (Lipinski definition) is 4. The average molecular weight is 263 g/mol. The Morgan fingerprint density at radius 3 is 2.72 bits per heavy atom. The molecular formula is C14H21N3S. The third kappa shape index (κ3) is 2.80. The number of anilines is 1. The summed E-state index contributed by atoms with van der Waals surface area (Å²) in [5.74, 6) is 2.62. The molecule has 0 aliphatic heterocycles. The summed E-state index contributed by atoms with van der Waals surface area (Å²) in [5, 5.41) is 4.35. The van der Waals surface area contributed by atoms with Crippen molar-refractivity contribution in [3.63, 3.8) is 0 Å². The summed E-state index contributed by atoms with van der Waals surface area (Å²) in [6, 6.07) is 2.21. The maximum atomic E-state index is 4.69. The number of rotatable bonds is 5. The van der Waals surface area contributed by atoms with E-state index in [9.17, 15) is 0 Å². The zero-order chi connectivity index (χ0) is 13.1. The standard InChI is InChI=1S/C14H21N3S/c1-5-10-8-11-13(15-4)16-12(7-6-9(2)3)17-14(11)18-10/h8-9H,5-7H2,1-4H3,(H,15,16,17). The van der Waals surface area contributed by atoms with Crippen LogP contribution < -0.4 is 5.32 Å². The molecule has 1 N–H and O–H groups in total. The number of nitrogens with one attached hydrogen (secondary N) is 1. The lowest BCUT2D eigenvalue weighted by Gasteiger charge is -2.06. The van der Waals surface area contributed by atoms with Gasteiger partial charge in [-0.2, -0.15) is 0 Å². The topological polar surface area (TPSA) is 37.8 Å². The van der Waals surface area contributed by atoms with Crippen molar-refractivity contribution >= 4 is 27.4 Å². The number of thiophene rings is 1. The lowest BCUT2D eigenvalue weighted by atomic mass is 10.1. The second-order valence-electron chi connectivity index (χ2n) is 4.96. The molecule has 0 radical (unpaired) electrons. The van der Waals surface area contributed by atoms with E-state index in [4.69, 9.17) is 4.98 Å². The largest absolute Gasteiger partial charge is 0.372 e. The highest BCUT2D eigenvalue weighted by molar-refractivity contribution is 7.18. The first kappa shape index (κ1) is 13.3. The Hall–Kier alpha value is -1.16. The van der Waals surface area contributed by atoms with Gasteiger partial charge in [0, 0.05) is 18.3 Å². The third-order valence-electron chi connectivity index (χ3n) is 3.02. The van der Waals surface area contributed by atoms with E-state index in [2.05, 4.69) is 37.1 Å². The molecule has 0 aromatic carbocycles. The average Bonchev–Trinajstić information content (AvgIpc) is 2.78. The van der Waals surface area contributed by atoms with E-state index in [0.29, 0.717) is 5.92 Å².